The lowest BCUT2D eigenvalue weighted by molar-refractivity contribution is 0.635. The summed E-state index contributed by atoms with van der Waals surface area (Å²) in [5.41, 5.74) is 2.24. The van der Waals surface area contributed by atoms with E-state index in [1.54, 1.807) is 0 Å². The van der Waals surface area contributed by atoms with Crippen LogP contribution in [0.1, 0.15) is 39.1 Å². The Morgan fingerprint density at radius 3 is 1.57 bits per heavy atom. The van der Waals surface area contributed by atoms with Gasteiger partial charge in [-0.2, -0.15) is 0 Å². The fourth-order valence-corrected chi connectivity index (χ4v) is 2.29. The Balaban J connectivity index is 2.10. The van der Waals surface area contributed by atoms with E-state index in [0.29, 0.717) is 11.8 Å². The highest BCUT2D eigenvalue weighted by molar-refractivity contribution is 5.51. The molecular formula is C18H25N3. The van der Waals surface area contributed by atoms with Crippen LogP contribution < -0.4 is 5.32 Å². The van der Waals surface area contributed by atoms with Crippen molar-refractivity contribution in [3.8, 4) is 0 Å². The third-order valence-corrected chi connectivity index (χ3v) is 3.10. The minimum atomic E-state index is 0.611. The summed E-state index contributed by atoms with van der Waals surface area (Å²) in [4.78, 5) is 9.30. The summed E-state index contributed by atoms with van der Waals surface area (Å²) < 4.78 is 0. The number of pyridine rings is 2. The molecule has 2 rings (SSSR count). The number of anilines is 2. The molecule has 0 aliphatic carbocycles. The van der Waals surface area contributed by atoms with Gasteiger partial charge in [-0.3, -0.25) is 0 Å². The Bertz CT molecular complexity index is 525. The Morgan fingerprint density at radius 1 is 0.762 bits per heavy atom. The SMILES string of the molecule is CC(C)Cc1cccc(Nc2cccc(CC(C)C)n2)n1. The van der Waals surface area contributed by atoms with E-state index in [9.17, 15) is 0 Å². The molecule has 0 spiro atoms. The predicted molar refractivity (Wildman–Crippen MR) is 88.8 cm³/mol. The van der Waals surface area contributed by atoms with E-state index in [1.165, 1.54) is 0 Å². The lowest BCUT2D eigenvalue weighted by Gasteiger charge is -2.10. The lowest BCUT2D eigenvalue weighted by atomic mass is 10.1. The van der Waals surface area contributed by atoms with Gasteiger partial charge in [0.2, 0.25) is 0 Å². The topological polar surface area (TPSA) is 37.8 Å². The normalized spacial score (nSPS) is 11.1. The van der Waals surface area contributed by atoms with Crippen LogP contribution in [-0.2, 0) is 12.8 Å². The minimum Gasteiger partial charge on any atom is -0.325 e. The summed E-state index contributed by atoms with van der Waals surface area (Å²) >= 11 is 0. The largest absolute Gasteiger partial charge is 0.325 e. The Morgan fingerprint density at radius 2 is 1.19 bits per heavy atom. The van der Waals surface area contributed by atoms with Gasteiger partial charge in [0.1, 0.15) is 11.6 Å². The standard InChI is InChI=1S/C18H25N3/c1-13(2)11-15-7-5-9-17(19-15)21-18-10-6-8-16(20-18)12-14(3)4/h5-10,13-14H,11-12H2,1-4H3,(H,19,20,21). The molecule has 2 heterocycles. The van der Waals surface area contributed by atoms with E-state index in [-0.39, 0.29) is 0 Å². The molecule has 2 aromatic rings. The Labute approximate surface area is 127 Å². The van der Waals surface area contributed by atoms with Crippen molar-refractivity contribution < 1.29 is 0 Å². The second kappa shape index (κ2) is 7.21. The molecule has 1 N–H and O–H groups in total. The van der Waals surface area contributed by atoms with E-state index in [1.807, 2.05) is 24.3 Å². The van der Waals surface area contributed by atoms with Gasteiger partial charge in [0.25, 0.3) is 0 Å². The number of nitrogens with zero attached hydrogens (tertiary/aromatic N) is 2. The van der Waals surface area contributed by atoms with Crippen LogP contribution in [0.2, 0.25) is 0 Å². The van der Waals surface area contributed by atoms with Gasteiger partial charge in [0, 0.05) is 11.4 Å². The fourth-order valence-electron chi connectivity index (χ4n) is 2.29. The van der Waals surface area contributed by atoms with Crippen molar-refractivity contribution in [2.24, 2.45) is 11.8 Å². The van der Waals surface area contributed by atoms with E-state index in [4.69, 9.17) is 0 Å². The maximum Gasteiger partial charge on any atom is 0.131 e. The molecule has 112 valence electrons. The Kier molecular flexibility index (Phi) is 5.32. The molecule has 0 fully saturated rings. The number of hydrogen-bond donors (Lipinski definition) is 1. The smallest absolute Gasteiger partial charge is 0.131 e. The van der Waals surface area contributed by atoms with Gasteiger partial charge in [0.05, 0.1) is 0 Å². The first kappa shape index (κ1) is 15.5. The van der Waals surface area contributed by atoms with E-state index < -0.39 is 0 Å². The van der Waals surface area contributed by atoms with Gasteiger partial charge in [-0.1, -0.05) is 39.8 Å². The monoisotopic (exact) mass is 283 g/mol. The number of aromatic nitrogens is 2. The van der Waals surface area contributed by atoms with Crippen molar-refractivity contribution >= 4 is 11.6 Å². The van der Waals surface area contributed by atoms with Gasteiger partial charge in [0.15, 0.2) is 0 Å². The third kappa shape index (κ3) is 5.18. The van der Waals surface area contributed by atoms with Crippen molar-refractivity contribution in [2.75, 3.05) is 5.32 Å². The average Bonchev–Trinajstić information content (AvgIpc) is 2.37. The second-order valence-corrected chi connectivity index (χ2v) is 6.35. The van der Waals surface area contributed by atoms with Crippen LogP contribution in [0, 0.1) is 11.8 Å². The molecule has 0 saturated heterocycles. The molecule has 0 unspecified atom stereocenters. The Hall–Kier alpha value is -1.90. The molecule has 0 bridgehead atoms. The van der Waals surface area contributed by atoms with Crippen LogP contribution in [-0.4, -0.2) is 9.97 Å². The molecule has 0 saturated carbocycles. The molecule has 21 heavy (non-hydrogen) atoms. The first-order valence-corrected chi connectivity index (χ1v) is 7.72. The molecule has 0 aliphatic rings. The minimum absolute atomic E-state index is 0.611. The molecule has 2 aromatic heterocycles. The summed E-state index contributed by atoms with van der Waals surface area (Å²) in [6.45, 7) is 8.83. The van der Waals surface area contributed by atoms with Gasteiger partial charge in [-0.15, -0.1) is 0 Å². The van der Waals surface area contributed by atoms with Crippen molar-refractivity contribution in [1.82, 2.24) is 9.97 Å². The zero-order chi connectivity index (χ0) is 15.2. The molecule has 3 nitrogen and oxygen atoms in total. The molecule has 3 heteroatoms. The average molecular weight is 283 g/mol. The number of rotatable bonds is 6. The lowest BCUT2D eigenvalue weighted by Crippen LogP contribution is -2.03. The van der Waals surface area contributed by atoms with Gasteiger partial charge in [-0.25, -0.2) is 9.97 Å². The van der Waals surface area contributed by atoms with Crippen LogP contribution in [0.25, 0.3) is 0 Å². The first-order chi connectivity index (χ1) is 10.0. The van der Waals surface area contributed by atoms with Crippen LogP contribution in [0.5, 0.6) is 0 Å². The first-order valence-electron chi connectivity index (χ1n) is 7.72. The molecule has 0 aliphatic heterocycles. The second-order valence-electron chi connectivity index (χ2n) is 6.35. The third-order valence-electron chi connectivity index (χ3n) is 3.10. The molecular weight excluding hydrogens is 258 g/mol. The summed E-state index contributed by atoms with van der Waals surface area (Å²) in [5.74, 6) is 2.95. The molecule has 0 aromatic carbocycles. The fraction of sp³-hybridized carbons (Fsp3) is 0.444. The molecule has 0 amide bonds. The van der Waals surface area contributed by atoms with Crippen LogP contribution in [0.15, 0.2) is 36.4 Å². The maximum atomic E-state index is 4.65. The van der Waals surface area contributed by atoms with Gasteiger partial charge in [-0.05, 0) is 48.9 Å². The highest BCUT2D eigenvalue weighted by Gasteiger charge is 2.04. The van der Waals surface area contributed by atoms with Crippen molar-refractivity contribution in [3.63, 3.8) is 0 Å². The van der Waals surface area contributed by atoms with Crippen molar-refractivity contribution in [2.45, 2.75) is 40.5 Å². The predicted octanol–water partition coefficient (Wildman–Crippen LogP) is 4.62. The summed E-state index contributed by atoms with van der Waals surface area (Å²) in [5, 5.41) is 3.31. The van der Waals surface area contributed by atoms with Gasteiger partial charge >= 0.3 is 0 Å². The van der Waals surface area contributed by atoms with Crippen molar-refractivity contribution in [3.05, 3.63) is 47.8 Å². The van der Waals surface area contributed by atoms with Gasteiger partial charge < -0.3 is 5.32 Å². The van der Waals surface area contributed by atoms with Crippen molar-refractivity contribution in [1.29, 1.82) is 0 Å². The highest BCUT2D eigenvalue weighted by atomic mass is 15.1. The molecule has 0 atom stereocenters. The van der Waals surface area contributed by atoms with Crippen LogP contribution >= 0.6 is 0 Å². The number of nitrogens with one attached hydrogen (secondary N) is 1. The maximum absolute atomic E-state index is 4.65. The zero-order valence-electron chi connectivity index (χ0n) is 13.4. The van der Waals surface area contributed by atoms with E-state index in [0.717, 1.165) is 35.9 Å². The van der Waals surface area contributed by atoms with Crippen LogP contribution in [0.3, 0.4) is 0 Å². The quantitative estimate of drug-likeness (QED) is 0.840. The summed E-state index contributed by atoms with van der Waals surface area (Å²) in [6, 6.07) is 12.2. The summed E-state index contributed by atoms with van der Waals surface area (Å²) in [7, 11) is 0. The zero-order valence-corrected chi connectivity index (χ0v) is 13.4. The highest BCUT2D eigenvalue weighted by Crippen LogP contribution is 2.15. The number of hydrogen-bond acceptors (Lipinski definition) is 3. The van der Waals surface area contributed by atoms with Crippen LogP contribution in [0.4, 0.5) is 11.6 Å². The van der Waals surface area contributed by atoms with E-state index in [2.05, 4.69) is 55.1 Å². The molecule has 0 radical (unpaired) electrons. The summed E-state index contributed by atoms with van der Waals surface area (Å²) in [6.07, 6.45) is 1.99. The van der Waals surface area contributed by atoms with E-state index >= 15 is 0 Å².